The molecule has 2 aliphatic heterocycles. The SMILES string of the molecule is C=CCN1C(=O)CCc2cc(Sc3cccc(C4(C)CC(O)CCO4)c3)ccc21. The van der Waals surface area contributed by atoms with E-state index >= 15 is 0 Å². The second-order valence-corrected chi connectivity index (χ2v) is 9.09. The molecule has 2 heterocycles. The van der Waals surface area contributed by atoms with E-state index in [4.69, 9.17) is 4.74 Å². The quantitative estimate of drug-likeness (QED) is 0.728. The Bertz CT molecular complexity index is 928. The third kappa shape index (κ3) is 4.27. The molecule has 1 fully saturated rings. The topological polar surface area (TPSA) is 49.8 Å². The van der Waals surface area contributed by atoms with Gasteiger partial charge < -0.3 is 14.7 Å². The van der Waals surface area contributed by atoms with E-state index in [1.807, 2.05) is 11.0 Å². The van der Waals surface area contributed by atoms with Crippen molar-refractivity contribution in [1.82, 2.24) is 0 Å². The van der Waals surface area contributed by atoms with E-state index in [1.165, 1.54) is 5.56 Å². The van der Waals surface area contributed by atoms with E-state index in [2.05, 4.69) is 49.9 Å². The number of carbonyl (C=O) groups is 1. The van der Waals surface area contributed by atoms with Gasteiger partial charge in [0.2, 0.25) is 5.91 Å². The number of amides is 1. The summed E-state index contributed by atoms with van der Waals surface area (Å²) in [4.78, 5) is 16.3. The van der Waals surface area contributed by atoms with Crippen LogP contribution in [0.15, 0.2) is 64.9 Å². The van der Waals surface area contributed by atoms with Gasteiger partial charge in [-0.2, -0.15) is 0 Å². The molecule has 0 saturated carbocycles. The number of aryl methyl sites for hydroxylation is 1. The van der Waals surface area contributed by atoms with Crippen molar-refractivity contribution < 1.29 is 14.6 Å². The first kappa shape index (κ1) is 20.2. The number of nitrogens with zero attached hydrogens (tertiary/aromatic N) is 1. The summed E-state index contributed by atoms with van der Waals surface area (Å²) in [6, 6.07) is 14.7. The molecule has 2 unspecified atom stereocenters. The van der Waals surface area contributed by atoms with Gasteiger partial charge in [0.1, 0.15) is 0 Å². The van der Waals surface area contributed by atoms with Gasteiger partial charge in [-0.05, 0) is 61.2 Å². The van der Waals surface area contributed by atoms with Crippen molar-refractivity contribution in [2.75, 3.05) is 18.1 Å². The van der Waals surface area contributed by atoms with Crippen molar-refractivity contribution in [3.63, 3.8) is 0 Å². The zero-order chi connectivity index (χ0) is 20.4. The van der Waals surface area contributed by atoms with Gasteiger partial charge in [0, 0.05) is 34.9 Å². The normalized spacial score (nSPS) is 24.3. The lowest BCUT2D eigenvalue weighted by molar-refractivity contribution is -0.118. The van der Waals surface area contributed by atoms with Gasteiger partial charge >= 0.3 is 0 Å². The molecule has 29 heavy (non-hydrogen) atoms. The van der Waals surface area contributed by atoms with Gasteiger partial charge in [-0.1, -0.05) is 30.0 Å². The fraction of sp³-hybridized carbons (Fsp3) is 0.375. The summed E-state index contributed by atoms with van der Waals surface area (Å²) in [5.74, 6) is 0.161. The molecule has 4 nitrogen and oxygen atoms in total. The van der Waals surface area contributed by atoms with Crippen LogP contribution in [0.2, 0.25) is 0 Å². The first-order chi connectivity index (χ1) is 14.0. The number of fused-ring (bicyclic) bond motifs is 1. The number of rotatable bonds is 5. The molecule has 2 aromatic rings. The minimum absolute atomic E-state index is 0.161. The van der Waals surface area contributed by atoms with Crippen LogP contribution in [0.1, 0.15) is 37.3 Å². The van der Waals surface area contributed by atoms with Crippen molar-refractivity contribution in [2.45, 2.75) is 54.1 Å². The smallest absolute Gasteiger partial charge is 0.227 e. The maximum Gasteiger partial charge on any atom is 0.227 e. The third-order valence-electron chi connectivity index (χ3n) is 5.74. The van der Waals surface area contributed by atoms with Crippen LogP contribution in [-0.2, 0) is 21.6 Å². The van der Waals surface area contributed by atoms with E-state index < -0.39 is 5.60 Å². The average molecular weight is 410 g/mol. The van der Waals surface area contributed by atoms with Crippen LogP contribution in [0.3, 0.4) is 0 Å². The van der Waals surface area contributed by atoms with E-state index in [0.717, 1.165) is 27.5 Å². The molecule has 1 saturated heterocycles. The van der Waals surface area contributed by atoms with Crippen LogP contribution in [0, 0.1) is 0 Å². The van der Waals surface area contributed by atoms with Crippen molar-refractivity contribution in [3.8, 4) is 0 Å². The van der Waals surface area contributed by atoms with Crippen molar-refractivity contribution in [1.29, 1.82) is 0 Å². The van der Waals surface area contributed by atoms with Gasteiger partial charge in [-0.15, -0.1) is 6.58 Å². The Hall–Kier alpha value is -2.08. The summed E-state index contributed by atoms with van der Waals surface area (Å²) in [5, 5.41) is 10.1. The van der Waals surface area contributed by atoms with Crippen molar-refractivity contribution in [3.05, 3.63) is 66.2 Å². The van der Waals surface area contributed by atoms with E-state index in [9.17, 15) is 9.90 Å². The monoisotopic (exact) mass is 409 g/mol. The molecule has 1 amide bonds. The Morgan fingerprint density at radius 2 is 2.10 bits per heavy atom. The number of hydrogen-bond donors (Lipinski definition) is 1. The molecule has 2 aliphatic rings. The number of hydrogen-bond acceptors (Lipinski definition) is 4. The summed E-state index contributed by atoms with van der Waals surface area (Å²) >= 11 is 1.71. The van der Waals surface area contributed by atoms with Crippen molar-refractivity contribution in [2.24, 2.45) is 0 Å². The molecule has 2 aromatic carbocycles. The molecule has 0 spiro atoms. The molecule has 5 heteroatoms. The second kappa shape index (κ2) is 8.34. The lowest BCUT2D eigenvalue weighted by atomic mass is 9.87. The molecule has 1 N–H and O–H groups in total. The first-order valence-electron chi connectivity index (χ1n) is 10.1. The number of carbonyl (C=O) groups excluding carboxylic acids is 1. The summed E-state index contributed by atoms with van der Waals surface area (Å²) in [6.45, 7) is 6.96. The number of aliphatic hydroxyl groups excluding tert-OH is 1. The van der Waals surface area contributed by atoms with Gasteiger partial charge in [-0.3, -0.25) is 4.79 Å². The second-order valence-electron chi connectivity index (χ2n) is 7.94. The lowest BCUT2D eigenvalue weighted by Crippen LogP contribution is -2.37. The summed E-state index contributed by atoms with van der Waals surface area (Å²) in [5.41, 5.74) is 2.85. The van der Waals surface area contributed by atoms with E-state index in [1.54, 1.807) is 17.8 Å². The molecule has 0 aromatic heterocycles. The maximum absolute atomic E-state index is 12.2. The molecule has 0 radical (unpaired) electrons. The largest absolute Gasteiger partial charge is 0.393 e. The molecule has 152 valence electrons. The lowest BCUT2D eigenvalue weighted by Gasteiger charge is -2.37. The highest BCUT2D eigenvalue weighted by molar-refractivity contribution is 7.99. The van der Waals surface area contributed by atoms with Gasteiger partial charge in [0.15, 0.2) is 0 Å². The Labute approximate surface area is 176 Å². The Morgan fingerprint density at radius 1 is 1.28 bits per heavy atom. The highest BCUT2D eigenvalue weighted by Crippen LogP contribution is 2.39. The molecular weight excluding hydrogens is 382 g/mol. The minimum Gasteiger partial charge on any atom is -0.393 e. The highest BCUT2D eigenvalue weighted by Gasteiger charge is 2.34. The van der Waals surface area contributed by atoms with Gasteiger partial charge in [-0.25, -0.2) is 0 Å². The standard InChI is InChI=1S/C24H27NO3S/c1-3-12-25-22-9-8-21(14-17(22)7-10-23(25)27)29-20-6-4-5-18(15-20)24(2)16-19(26)11-13-28-24/h3-6,8-9,14-15,19,26H,1,7,10-13,16H2,2H3. The number of benzene rings is 2. The van der Waals surface area contributed by atoms with Crippen LogP contribution >= 0.6 is 11.8 Å². The predicted molar refractivity (Wildman–Crippen MR) is 116 cm³/mol. The first-order valence-corrected chi connectivity index (χ1v) is 10.9. The molecule has 2 atom stereocenters. The van der Waals surface area contributed by atoms with Crippen LogP contribution in [-0.4, -0.2) is 30.3 Å². The summed E-state index contributed by atoms with van der Waals surface area (Å²) in [6.07, 6.45) is 4.10. The summed E-state index contributed by atoms with van der Waals surface area (Å²) < 4.78 is 6.03. The molecule has 4 rings (SSSR count). The van der Waals surface area contributed by atoms with Crippen LogP contribution in [0.4, 0.5) is 5.69 Å². The van der Waals surface area contributed by atoms with Gasteiger partial charge in [0.05, 0.1) is 18.3 Å². The fourth-order valence-corrected chi connectivity index (χ4v) is 5.13. The maximum atomic E-state index is 12.2. The zero-order valence-corrected chi connectivity index (χ0v) is 17.6. The molecule has 0 bridgehead atoms. The average Bonchev–Trinajstić information content (AvgIpc) is 2.70. The zero-order valence-electron chi connectivity index (χ0n) is 16.8. The molecule has 0 aliphatic carbocycles. The Morgan fingerprint density at radius 3 is 2.90 bits per heavy atom. The Kier molecular flexibility index (Phi) is 5.81. The van der Waals surface area contributed by atoms with E-state index in [-0.39, 0.29) is 12.0 Å². The summed E-state index contributed by atoms with van der Waals surface area (Å²) in [7, 11) is 0. The highest BCUT2D eigenvalue weighted by atomic mass is 32.2. The minimum atomic E-state index is -0.449. The predicted octanol–water partition coefficient (Wildman–Crippen LogP) is 4.69. The third-order valence-corrected chi connectivity index (χ3v) is 6.72. The van der Waals surface area contributed by atoms with Crippen LogP contribution in [0.5, 0.6) is 0 Å². The number of ether oxygens (including phenoxy) is 1. The molecular formula is C24H27NO3S. The number of anilines is 1. The van der Waals surface area contributed by atoms with Crippen LogP contribution < -0.4 is 4.90 Å². The fourth-order valence-electron chi connectivity index (χ4n) is 4.19. The van der Waals surface area contributed by atoms with Crippen molar-refractivity contribution >= 4 is 23.4 Å². The van der Waals surface area contributed by atoms with Crippen LogP contribution in [0.25, 0.3) is 0 Å². The Balaban J connectivity index is 1.56. The van der Waals surface area contributed by atoms with Gasteiger partial charge in [0.25, 0.3) is 0 Å². The number of aliphatic hydroxyl groups is 1. The van der Waals surface area contributed by atoms with E-state index in [0.29, 0.717) is 32.4 Å².